The highest BCUT2D eigenvalue weighted by atomic mass is 35.5. The molecule has 0 bridgehead atoms. The van der Waals surface area contributed by atoms with Gasteiger partial charge in [-0.05, 0) is 37.3 Å². The number of nitrogens with one attached hydrogen (secondary N) is 1. The molecule has 0 aliphatic carbocycles. The fourth-order valence-corrected chi connectivity index (χ4v) is 5.26. The van der Waals surface area contributed by atoms with Crippen molar-refractivity contribution in [3.05, 3.63) is 63.9 Å². The second kappa shape index (κ2) is 10.2. The summed E-state index contributed by atoms with van der Waals surface area (Å²) in [6, 6.07) is 14.5. The Hall–Kier alpha value is -3.50. The third-order valence-electron chi connectivity index (χ3n) is 6.06. The van der Waals surface area contributed by atoms with E-state index in [4.69, 9.17) is 21.3 Å². The van der Waals surface area contributed by atoms with Gasteiger partial charge < -0.3 is 19.5 Å². The highest BCUT2D eigenvalue weighted by Crippen LogP contribution is 2.27. The van der Waals surface area contributed by atoms with Crippen LogP contribution in [0.3, 0.4) is 0 Å². The summed E-state index contributed by atoms with van der Waals surface area (Å²) < 4.78 is 6.55. The van der Waals surface area contributed by atoms with Crippen LogP contribution in [0, 0.1) is 0 Å². The molecule has 1 saturated heterocycles. The lowest BCUT2D eigenvalue weighted by Crippen LogP contribution is -2.51. The number of benzene rings is 2. The zero-order valence-electron chi connectivity index (χ0n) is 19.6. The molecular formula is C25H24ClN5O4S. The lowest BCUT2D eigenvalue weighted by molar-refractivity contribution is -0.129. The normalized spacial score (nSPS) is 13.9. The van der Waals surface area contributed by atoms with Crippen LogP contribution in [0.4, 0.5) is 4.79 Å². The summed E-state index contributed by atoms with van der Waals surface area (Å²) in [7, 11) is 0. The summed E-state index contributed by atoms with van der Waals surface area (Å²) in [5.74, 6) is 0.0206. The molecule has 0 saturated carbocycles. The molecule has 3 heterocycles. The molecule has 1 aliphatic rings. The number of piperazine rings is 1. The molecule has 2 aromatic carbocycles. The number of aromatic nitrogens is 3. The molecule has 2 amide bonds. The third-order valence-corrected chi connectivity index (χ3v) is 7.24. The van der Waals surface area contributed by atoms with E-state index >= 15 is 0 Å². The number of hydrogen-bond acceptors (Lipinski definition) is 6. The van der Waals surface area contributed by atoms with Crippen LogP contribution in [-0.2, 0) is 9.53 Å². The van der Waals surface area contributed by atoms with Gasteiger partial charge in [0.15, 0.2) is 5.16 Å². The average molecular weight is 526 g/mol. The number of carbonyl (C=O) groups excluding carboxylic acids is 2. The van der Waals surface area contributed by atoms with Gasteiger partial charge in [-0.25, -0.2) is 9.78 Å². The summed E-state index contributed by atoms with van der Waals surface area (Å²) in [6.07, 6.45) is -0.359. The van der Waals surface area contributed by atoms with Crippen LogP contribution in [0.5, 0.6) is 0 Å². The van der Waals surface area contributed by atoms with E-state index in [-0.39, 0.29) is 23.3 Å². The number of halogens is 1. The van der Waals surface area contributed by atoms with Crippen LogP contribution in [0.1, 0.15) is 6.92 Å². The number of amides is 2. The Morgan fingerprint density at radius 2 is 1.75 bits per heavy atom. The maximum atomic E-state index is 13.6. The predicted molar refractivity (Wildman–Crippen MR) is 140 cm³/mol. The van der Waals surface area contributed by atoms with Gasteiger partial charge in [0.2, 0.25) is 5.91 Å². The van der Waals surface area contributed by atoms with Gasteiger partial charge in [-0.3, -0.25) is 14.2 Å². The van der Waals surface area contributed by atoms with E-state index in [0.29, 0.717) is 59.7 Å². The van der Waals surface area contributed by atoms with E-state index in [9.17, 15) is 14.4 Å². The van der Waals surface area contributed by atoms with Crippen molar-refractivity contribution in [1.29, 1.82) is 0 Å². The quantitative estimate of drug-likeness (QED) is 0.313. The summed E-state index contributed by atoms with van der Waals surface area (Å²) in [5, 5.41) is 1.81. The number of rotatable bonds is 5. The second-order valence-electron chi connectivity index (χ2n) is 8.26. The molecule has 0 unspecified atom stereocenters. The summed E-state index contributed by atoms with van der Waals surface area (Å²) >= 11 is 7.28. The molecule has 5 rings (SSSR count). The van der Waals surface area contributed by atoms with Crippen molar-refractivity contribution in [3.8, 4) is 5.69 Å². The minimum absolute atomic E-state index is 0.0839. The molecular weight excluding hydrogens is 502 g/mol. The fraction of sp³-hybridized carbons (Fsp3) is 0.280. The van der Waals surface area contributed by atoms with Crippen molar-refractivity contribution in [2.75, 3.05) is 38.5 Å². The van der Waals surface area contributed by atoms with E-state index in [1.807, 2.05) is 24.3 Å². The topological polar surface area (TPSA) is 101 Å². The Labute approximate surface area is 216 Å². The standard InChI is InChI=1S/C25H24ClN5O4S/c1-2-35-25(34)30-13-11-29(12-14-30)20(32)15-36-24-28-21-18-5-3-4-6-19(18)27-22(21)23(33)31(24)17-9-7-16(26)8-10-17/h3-10,27H,2,11-15H2,1H3. The lowest BCUT2D eigenvalue weighted by atomic mass is 10.2. The first-order valence-electron chi connectivity index (χ1n) is 11.6. The molecule has 1 N–H and O–H groups in total. The van der Waals surface area contributed by atoms with E-state index in [0.717, 1.165) is 10.9 Å². The van der Waals surface area contributed by atoms with E-state index < -0.39 is 0 Å². The summed E-state index contributed by atoms with van der Waals surface area (Å²) in [6.45, 7) is 3.78. The molecule has 0 spiro atoms. The molecule has 2 aromatic heterocycles. The second-order valence-corrected chi connectivity index (χ2v) is 9.64. The number of thioether (sulfide) groups is 1. The fourth-order valence-electron chi connectivity index (χ4n) is 4.23. The van der Waals surface area contributed by atoms with Crippen molar-refractivity contribution in [3.63, 3.8) is 0 Å². The minimum Gasteiger partial charge on any atom is -0.450 e. The van der Waals surface area contributed by atoms with Gasteiger partial charge in [-0.15, -0.1) is 0 Å². The van der Waals surface area contributed by atoms with Gasteiger partial charge in [-0.2, -0.15) is 0 Å². The Morgan fingerprint density at radius 3 is 2.47 bits per heavy atom. The van der Waals surface area contributed by atoms with Crippen LogP contribution in [-0.4, -0.2) is 74.9 Å². The summed E-state index contributed by atoms with van der Waals surface area (Å²) in [4.78, 5) is 49.9. The zero-order chi connectivity index (χ0) is 25.2. The number of fused-ring (bicyclic) bond motifs is 3. The smallest absolute Gasteiger partial charge is 0.409 e. The monoisotopic (exact) mass is 525 g/mol. The number of para-hydroxylation sites is 1. The molecule has 1 fully saturated rings. The van der Waals surface area contributed by atoms with Crippen LogP contribution in [0.25, 0.3) is 27.6 Å². The third kappa shape index (κ3) is 4.66. The molecule has 4 aromatic rings. The van der Waals surface area contributed by atoms with Crippen LogP contribution in [0.2, 0.25) is 5.02 Å². The number of ether oxygens (including phenoxy) is 1. The van der Waals surface area contributed by atoms with E-state index in [1.165, 1.54) is 16.3 Å². The number of carbonyl (C=O) groups is 2. The van der Waals surface area contributed by atoms with Gasteiger partial charge >= 0.3 is 6.09 Å². The molecule has 186 valence electrons. The molecule has 36 heavy (non-hydrogen) atoms. The van der Waals surface area contributed by atoms with Crippen LogP contribution >= 0.6 is 23.4 Å². The predicted octanol–water partition coefficient (Wildman–Crippen LogP) is 3.91. The molecule has 0 radical (unpaired) electrons. The van der Waals surface area contributed by atoms with Crippen molar-refractivity contribution in [1.82, 2.24) is 24.3 Å². The highest BCUT2D eigenvalue weighted by molar-refractivity contribution is 7.99. The van der Waals surface area contributed by atoms with Crippen LogP contribution < -0.4 is 5.56 Å². The van der Waals surface area contributed by atoms with Gasteiger partial charge in [0.1, 0.15) is 11.0 Å². The average Bonchev–Trinajstić information content (AvgIpc) is 3.27. The van der Waals surface area contributed by atoms with Gasteiger partial charge in [0.25, 0.3) is 5.56 Å². The Balaban J connectivity index is 1.43. The maximum absolute atomic E-state index is 13.6. The first kappa shape index (κ1) is 24.2. The largest absolute Gasteiger partial charge is 0.450 e. The Bertz CT molecular complexity index is 1490. The first-order chi connectivity index (χ1) is 17.5. The number of hydrogen-bond donors (Lipinski definition) is 1. The zero-order valence-corrected chi connectivity index (χ0v) is 21.1. The number of H-pyrrole nitrogens is 1. The molecule has 0 atom stereocenters. The Morgan fingerprint density at radius 1 is 1.06 bits per heavy atom. The van der Waals surface area contributed by atoms with Crippen molar-refractivity contribution in [2.24, 2.45) is 0 Å². The van der Waals surface area contributed by atoms with Gasteiger partial charge in [0, 0.05) is 42.1 Å². The van der Waals surface area contributed by atoms with Gasteiger partial charge in [0.05, 0.1) is 18.0 Å². The minimum atomic E-state index is -0.359. The lowest BCUT2D eigenvalue weighted by Gasteiger charge is -2.34. The summed E-state index contributed by atoms with van der Waals surface area (Å²) in [5.41, 5.74) is 2.14. The number of aromatic amines is 1. The van der Waals surface area contributed by atoms with Crippen molar-refractivity contribution < 1.29 is 14.3 Å². The molecule has 1 aliphatic heterocycles. The first-order valence-corrected chi connectivity index (χ1v) is 12.9. The van der Waals surface area contributed by atoms with Crippen LogP contribution in [0.15, 0.2) is 58.5 Å². The van der Waals surface area contributed by atoms with Crippen molar-refractivity contribution in [2.45, 2.75) is 12.1 Å². The van der Waals surface area contributed by atoms with Crippen molar-refractivity contribution >= 4 is 57.3 Å². The maximum Gasteiger partial charge on any atom is 0.409 e. The SMILES string of the molecule is CCOC(=O)N1CCN(C(=O)CSc2nc3c([nH]c4ccccc43)c(=O)n2-c2ccc(Cl)cc2)CC1. The highest BCUT2D eigenvalue weighted by Gasteiger charge is 2.25. The number of nitrogens with zero attached hydrogens (tertiary/aromatic N) is 4. The van der Waals surface area contributed by atoms with E-state index in [2.05, 4.69) is 4.98 Å². The molecule has 9 nitrogen and oxygen atoms in total. The van der Waals surface area contributed by atoms with E-state index in [1.54, 1.807) is 41.0 Å². The molecule has 11 heteroatoms. The Kier molecular flexibility index (Phi) is 6.88. The van der Waals surface area contributed by atoms with Gasteiger partial charge in [-0.1, -0.05) is 41.6 Å².